The van der Waals surface area contributed by atoms with Gasteiger partial charge >= 0.3 is 0 Å². The highest BCUT2D eigenvalue weighted by Gasteiger charge is 2.11. The number of rotatable bonds is 3. The van der Waals surface area contributed by atoms with E-state index < -0.39 is 0 Å². The lowest BCUT2D eigenvalue weighted by atomic mass is 10.1. The first-order valence-corrected chi connectivity index (χ1v) is 5.29. The van der Waals surface area contributed by atoms with Crippen molar-refractivity contribution < 1.29 is 0 Å². The lowest BCUT2D eigenvalue weighted by molar-refractivity contribution is 0.387. The highest BCUT2D eigenvalue weighted by Crippen LogP contribution is 2.02. The third kappa shape index (κ3) is 4.16. The largest absolute Gasteiger partial charge is 0.315 e. The molecule has 0 radical (unpaired) electrons. The van der Waals surface area contributed by atoms with Gasteiger partial charge in [-0.05, 0) is 31.5 Å². The molecule has 1 aliphatic heterocycles. The third-order valence-corrected chi connectivity index (χ3v) is 2.59. The van der Waals surface area contributed by atoms with Crippen LogP contribution in [-0.2, 0) is 6.54 Å². The Labute approximate surface area is 97.1 Å². The normalized spacial score (nSPS) is 20.7. The number of nitrogens with one attached hydrogen (secondary N) is 2. The Morgan fingerprint density at radius 3 is 3.07 bits per heavy atom. The minimum absolute atomic E-state index is 0. The summed E-state index contributed by atoms with van der Waals surface area (Å²) in [6, 6.07) is 6.66. The minimum Gasteiger partial charge on any atom is -0.315 e. The third-order valence-electron chi connectivity index (χ3n) is 2.59. The van der Waals surface area contributed by atoms with Crippen molar-refractivity contribution in [3.8, 4) is 0 Å². The van der Waals surface area contributed by atoms with E-state index in [9.17, 15) is 0 Å². The Kier molecular flexibility index (Phi) is 5.61. The molecule has 4 heteroatoms. The molecule has 2 heterocycles. The maximum Gasteiger partial charge on any atom is 0.0541 e. The van der Waals surface area contributed by atoms with Crippen LogP contribution in [0, 0.1) is 0 Å². The summed E-state index contributed by atoms with van der Waals surface area (Å²) in [6.45, 7) is 3.14. The van der Waals surface area contributed by atoms with Gasteiger partial charge in [0.05, 0.1) is 5.69 Å². The topological polar surface area (TPSA) is 37.0 Å². The van der Waals surface area contributed by atoms with E-state index in [1.807, 2.05) is 18.3 Å². The van der Waals surface area contributed by atoms with Crippen LogP contribution in [0.2, 0.25) is 0 Å². The van der Waals surface area contributed by atoms with Gasteiger partial charge in [0.1, 0.15) is 0 Å². The van der Waals surface area contributed by atoms with Crippen LogP contribution in [0.3, 0.4) is 0 Å². The van der Waals surface area contributed by atoms with Gasteiger partial charge in [0.2, 0.25) is 0 Å². The molecule has 1 fully saturated rings. The Bertz CT molecular complexity index is 260. The summed E-state index contributed by atoms with van der Waals surface area (Å²) < 4.78 is 0. The molecule has 0 amide bonds. The summed E-state index contributed by atoms with van der Waals surface area (Å²) in [7, 11) is 0. The zero-order valence-electron chi connectivity index (χ0n) is 8.78. The number of hydrogen-bond acceptors (Lipinski definition) is 3. The van der Waals surface area contributed by atoms with Crippen molar-refractivity contribution >= 4 is 12.4 Å². The van der Waals surface area contributed by atoms with Gasteiger partial charge in [-0.15, -0.1) is 12.4 Å². The minimum atomic E-state index is 0. The molecule has 0 unspecified atom stereocenters. The Morgan fingerprint density at radius 1 is 1.47 bits per heavy atom. The maximum atomic E-state index is 4.28. The molecule has 1 aliphatic rings. The van der Waals surface area contributed by atoms with Crippen molar-refractivity contribution in [3.63, 3.8) is 0 Å². The molecular weight excluding hydrogens is 210 g/mol. The molecule has 1 atom stereocenters. The zero-order valence-corrected chi connectivity index (χ0v) is 9.59. The van der Waals surface area contributed by atoms with E-state index in [0.29, 0.717) is 6.04 Å². The monoisotopic (exact) mass is 227 g/mol. The van der Waals surface area contributed by atoms with Crippen molar-refractivity contribution in [2.24, 2.45) is 0 Å². The average Bonchev–Trinajstić information content (AvgIpc) is 2.29. The fourth-order valence-corrected chi connectivity index (χ4v) is 1.78. The maximum absolute atomic E-state index is 4.28. The first kappa shape index (κ1) is 12.4. The molecule has 2 rings (SSSR count). The molecule has 1 aromatic heterocycles. The number of nitrogens with zero attached hydrogens (tertiary/aromatic N) is 1. The Hall–Kier alpha value is -0.640. The standard InChI is InChI=1S/C11H17N3.ClH/c1-2-7-13-11(4-1)9-14-10-5-3-6-12-8-10;/h1-2,4,7,10,12,14H,3,5-6,8-9H2;1H/t10-;/m0./s1. The Morgan fingerprint density at radius 2 is 2.40 bits per heavy atom. The smallest absolute Gasteiger partial charge is 0.0541 e. The summed E-state index contributed by atoms with van der Waals surface area (Å²) in [4.78, 5) is 4.28. The molecule has 15 heavy (non-hydrogen) atoms. The second kappa shape index (κ2) is 6.77. The van der Waals surface area contributed by atoms with Crippen LogP contribution in [0.15, 0.2) is 24.4 Å². The van der Waals surface area contributed by atoms with Crippen LogP contribution in [0.4, 0.5) is 0 Å². The average molecular weight is 228 g/mol. The van der Waals surface area contributed by atoms with Crippen LogP contribution in [-0.4, -0.2) is 24.1 Å². The summed E-state index contributed by atoms with van der Waals surface area (Å²) in [5.74, 6) is 0. The van der Waals surface area contributed by atoms with E-state index >= 15 is 0 Å². The number of halogens is 1. The molecule has 0 bridgehead atoms. The molecule has 0 spiro atoms. The molecular formula is C11H18ClN3. The number of piperidine rings is 1. The molecule has 2 N–H and O–H groups in total. The van der Waals surface area contributed by atoms with Crippen molar-refractivity contribution in [2.75, 3.05) is 13.1 Å². The first-order chi connectivity index (χ1) is 6.95. The van der Waals surface area contributed by atoms with Crippen LogP contribution in [0.5, 0.6) is 0 Å². The molecule has 3 nitrogen and oxygen atoms in total. The van der Waals surface area contributed by atoms with E-state index in [0.717, 1.165) is 18.8 Å². The predicted molar refractivity (Wildman–Crippen MR) is 64.2 cm³/mol. The van der Waals surface area contributed by atoms with Gasteiger partial charge in [0.15, 0.2) is 0 Å². The fourth-order valence-electron chi connectivity index (χ4n) is 1.78. The van der Waals surface area contributed by atoms with Crippen molar-refractivity contribution in [2.45, 2.75) is 25.4 Å². The van der Waals surface area contributed by atoms with Crippen LogP contribution in [0.25, 0.3) is 0 Å². The lowest BCUT2D eigenvalue weighted by Crippen LogP contribution is -2.42. The second-order valence-corrected chi connectivity index (χ2v) is 3.75. The Balaban J connectivity index is 0.00000112. The van der Waals surface area contributed by atoms with Gasteiger partial charge in [0.25, 0.3) is 0 Å². The summed E-state index contributed by atoms with van der Waals surface area (Å²) in [5, 5.41) is 6.90. The second-order valence-electron chi connectivity index (χ2n) is 3.75. The van der Waals surface area contributed by atoms with E-state index in [-0.39, 0.29) is 12.4 Å². The first-order valence-electron chi connectivity index (χ1n) is 5.29. The van der Waals surface area contributed by atoms with Crippen molar-refractivity contribution in [1.29, 1.82) is 0 Å². The van der Waals surface area contributed by atoms with E-state index in [2.05, 4.69) is 21.7 Å². The van der Waals surface area contributed by atoms with Gasteiger partial charge < -0.3 is 10.6 Å². The zero-order chi connectivity index (χ0) is 9.64. The molecule has 0 saturated carbocycles. The molecule has 0 aliphatic carbocycles. The highest BCUT2D eigenvalue weighted by molar-refractivity contribution is 5.85. The van der Waals surface area contributed by atoms with Gasteiger partial charge in [-0.1, -0.05) is 6.07 Å². The fraction of sp³-hybridized carbons (Fsp3) is 0.545. The van der Waals surface area contributed by atoms with Crippen LogP contribution < -0.4 is 10.6 Å². The summed E-state index contributed by atoms with van der Waals surface area (Å²) >= 11 is 0. The van der Waals surface area contributed by atoms with Crippen molar-refractivity contribution in [3.05, 3.63) is 30.1 Å². The molecule has 0 aromatic carbocycles. The van der Waals surface area contributed by atoms with Gasteiger partial charge in [0, 0.05) is 25.3 Å². The summed E-state index contributed by atoms with van der Waals surface area (Å²) in [6.07, 6.45) is 4.40. The van der Waals surface area contributed by atoms with Crippen LogP contribution >= 0.6 is 12.4 Å². The molecule has 1 aromatic rings. The predicted octanol–water partition coefficient (Wildman–Crippen LogP) is 1.34. The van der Waals surface area contributed by atoms with Gasteiger partial charge in [-0.25, -0.2) is 0 Å². The van der Waals surface area contributed by atoms with Gasteiger partial charge in [-0.3, -0.25) is 4.98 Å². The SMILES string of the molecule is Cl.c1ccc(CN[C@H]2CCCNC2)nc1. The number of hydrogen-bond donors (Lipinski definition) is 2. The lowest BCUT2D eigenvalue weighted by Gasteiger charge is -2.23. The van der Waals surface area contributed by atoms with Gasteiger partial charge in [-0.2, -0.15) is 0 Å². The van der Waals surface area contributed by atoms with Crippen LogP contribution in [0.1, 0.15) is 18.5 Å². The highest BCUT2D eigenvalue weighted by atomic mass is 35.5. The van der Waals surface area contributed by atoms with Crippen molar-refractivity contribution in [1.82, 2.24) is 15.6 Å². The quantitative estimate of drug-likeness (QED) is 0.819. The molecule has 1 saturated heterocycles. The van der Waals surface area contributed by atoms with E-state index in [4.69, 9.17) is 0 Å². The molecule has 84 valence electrons. The number of pyridine rings is 1. The summed E-state index contributed by atoms with van der Waals surface area (Å²) in [5.41, 5.74) is 1.12. The number of aromatic nitrogens is 1. The van der Waals surface area contributed by atoms with E-state index in [1.54, 1.807) is 0 Å². The van der Waals surface area contributed by atoms with E-state index in [1.165, 1.54) is 19.4 Å².